The third kappa shape index (κ3) is 3.50. The number of nitro groups is 1. The van der Waals surface area contributed by atoms with Gasteiger partial charge in [-0.1, -0.05) is 0 Å². The zero-order valence-electron chi connectivity index (χ0n) is 14.0. The standard InChI is InChI=1S/C17H23N5O2/c1-19-6-2-3-16(13-19)21-9-7-20(8-10-21)15-4-5-17(22(23)24)14(11-15)12-18/h4-5,11,16H,2-3,6-10,13H2,1H3. The van der Waals surface area contributed by atoms with Gasteiger partial charge in [0.1, 0.15) is 11.6 Å². The maximum absolute atomic E-state index is 10.9. The molecule has 0 N–H and O–H groups in total. The highest BCUT2D eigenvalue weighted by molar-refractivity contribution is 5.60. The second-order valence-corrected chi connectivity index (χ2v) is 6.65. The summed E-state index contributed by atoms with van der Waals surface area (Å²) in [5.41, 5.74) is 0.913. The highest BCUT2D eigenvalue weighted by Crippen LogP contribution is 2.26. The van der Waals surface area contributed by atoms with E-state index in [-0.39, 0.29) is 11.3 Å². The van der Waals surface area contributed by atoms with Crippen molar-refractivity contribution < 1.29 is 4.92 Å². The van der Waals surface area contributed by atoms with E-state index in [1.165, 1.54) is 25.5 Å². The molecule has 2 fully saturated rings. The Labute approximate surface area is 142 Å². The molecule has 2 heterocycles. The Kier molecular flexibility index (Phi) is 4.97. The Balaban J connectivity index is 1.64. The van der Waals surface area contributed by atoms with Crippen molar-refractivity contribution in [2.75, 3.05) is 51.2 Å². The lowest BCUT2D eigenvalue weighted by molar-refractivity contribution is -0.385. The van der Waals surface area contributed by atoms with Crippen molar-refractivity contribution in [3.05, 3.63) is 33.9 Å². The van der Waals surface area contributed by atoms with Gasteiger partial charge in [-0.05, 0) is 38.6 Å². The highest BCUT2D eigenvalue weighted by Gasteiger charge is 2.27. The van der Waals surface area contributed by atoms with Crippen LogP contribution in [0.4, 0.5) is 11.4 Å². The fraction of sp³-hybridized carbons (Fsp3) is 0.588. The molecule has 1 unspecified atom stereocenters. The molecule has 2 aliphatic rings. The highest BCUT2D eigenvalue weighted by atomic mass is 16.6. The number of hydrogen-bond acceptors (Lipinski definition) is 6. The molecule has 2 saturated heterocycles. The lowest BCUT2D eigenvalue weighted by Gasteiger charge is -2.43. The molecule has 0 amide bonds. The van der Waals surface area contributed by atoms with Gasteiger partial charge in [0.2, 0.25) is 0 Å². The summed E-state index contributed by atoms with van der Waals surface area (Å²) < 4.78 is 0. The SMILES string of the molecule is CN1CCCC(N2CCN(c3ccc([N+](=O)[O-])c(C#N)c3)CC2)C1. The largest absolute Gasteiger partial charge is 0.369 e. The van der Waals surface area contributed by atoms with Crippen molar-refractivity contribution in [3.63, 3.8) is 0 Å². The minimum Gasteiger partial charge on any atom is -0.369 e. The average Bonchev–Trinajstić information content (AvgIpc) is 2.61. The van der Waals surface area contributed by atoms with Gasteiger partial charge in [-0.3, -0.25) is 15.0 Å². The van der Waals surface area contributed by atoms with Gasteiger partial charge in [-0.15, -0.1) is 0 Å². The first kappa shape index (κ1) is 16.7. The van der Waals surface area contributed by atoms with Crippen molar-refractivity contribution in [1.29, 1.82) is 5.26 Å². The first-order valence-electron chi connectivity index (χ1n) is 8.44. The third-order valence-electron chi connectivity index (χ3n) is 5.09. The van der Waals surface area contributed by atoms with Gasteiger partial charge in [-0.2, -0.15) is 5.26 Å². The van der Waals surface area contributed by atoms with E-state index in [9.17, 15) is 10.1 Å². The Morgan fingerprint density at radius 2 is 2.00 bits per heavy atom. The van der Waals surface area contributed by atoms with Crippen molar-refractivity contribution in [2.24, 2.45) is 0 Å². The number of likely N-dealkylation sites (tertiary alicyclic amines) is 1. The lowest BCUT2D eigenvalue weighted by atomic mass is 10.0. The second-order valence-electron chi connectivity index (χ2n) is 6.65. The zero-order chi connectivity index (χ0) is 17.1. The molecule has 0 spiro atoms. The van der Waals surface area contributed by atoms with E-state index >= 15 is 0 Å². The molecule has 1 aromatic carbocycles. The lowest BCUT2D eigenvalue weighted by Crippen LogP contribution is -2.54. The van der Waals surface area contributed by atoms with E-state index in [2.05, 4.69) is 21.7 Å². The van der Waals surface area contributed by atoms with Gasteiger partial charge < -0.3 is 9.80 Å². The Morgan fingerprint density at radius 3 is 2.62 bits per heavy atom. The molecule has 7 nitrogen and oxygen atoms in total. The Morgan fingerprint density at radius 1 is 1.25 bits per heavy atom. The maximum atomic E-state index is 10.9. The summed E-state index contributed by atoms with van der Waals surface area (Å²) in [4.78, 5) is 17.6. The number of likely N-dealkylation sites (N-methyl/N-ethyl adjacent to an activating group) is 1. The fourth-order valence-electron chi connectivity index (χ4n) is 3.75. The Bertz CT molecular complexity index is 649. The molecule has 0 aliphatic carbocycles. The van der Waals surface area contributed by atoms with E-state index in [0.717, 1.165) is 38.4 Å². The minimum atomic E-state index is -0.500. The maximum Gasteiger partial charge on any atom is 0.287 e. The molecule has 0 saturated carbocycles. The van der Waals surface area contributed by atoms with Gasteiger partial charge in [0.25, 0.3) is 5.69 Å². The van der Waals surface area contributed by atoms with Gasteiger partial charge in [-0.25, -0.2) is 0 Å². The molecule has 1 atom stereocenters. The number of piperidine rings is 1. The van der Waals surface area contributed by atoms with Crippen LogP contribution < -0.4 is 4.90 Å². The summed E-state index contributed by atoms with van der Waals surface area (Å²) in [6, 6.07) is 7.41. The summed E-state index contributed by atoms with van der Waals surface area (Å²) in [6.07, 6.45) is 2.52. The van der Waals surface area contributed by atoms with Gasteiger partial charge in [0.05, 0.1) is 4.92 Å². The number of nitriles is 1. The smallest absolute Gasteiger partial charge is 0.287 e. The molecule has 0 radical (unpaired) electrons. The molecule has 1 aromatic rings. The molecular weight excluding hydrogens is 306 g/mol. The van der Waals surface area contributed by atoms with Crippen molar-refractivity contribution >= 4 is 11.4 Å². The van der Waals surface area contributed by atoms with Crippen LogP contribution in [0, 0.1) is 21.4 Å². The number of nitrogens with zero attached hydrogens (tertiary/aromatic N) is 5. The van der Waals surface area contributed by atoms with Crippen LogP contribution in [0.1, 0.15) is 18.4 Å². The molecule has 2 aliphatic heterocycles. The first-order chi connectivity index (χ1) is 11.6. The summed E-state index contributed by atoms with van der Waals surface area (Å²) in [5, 5.41) is 20.1. The minimum absolute atomic E-state index is 0.120. The predicted molar refractivity (Wildman–Crippen MR) is 92.1 cm³/mol. The number of benzene rings is 1. The molecule has 24 heavy (non-hydrogen) atoms. The van der Waals surface area contributed by atoms with Crippen molar-refractivity contribution in [1.82, 2.24) is 9.80 Å². The molecule has 3 rings (SSSR count). The van der Waals surface area contributed by atoms with Crippen LogP contribution in [-0.2, 0) is 0 Å². The predicted octanol–water partition coefficient (Wildman–Crippen LogP) is 1.68. The topological polar surface area (TPSA) is 76.7 Å². The van der Waals surface area contributed by atoms with Crippen LogP contribution in [0.3, 0.4) is 0 Å². The van der Waals surface area contributed by atoms with Crippen LogP contribution in [-0.4, -0.2) is 67.1 Å². The molecule has 0 bridgehead atoms. The van der Waals surface area contributed by atoms with Gasteiger partial charge in [0.15, 0.2) is 0 Å². The third-order valence-corrected chi connectivity index (χ3v) is 5.09. The first-order valence-corrected chi connectivity index (χ1v) is 8.44. The average molecular weight is 329 g/mol. The number of nitro benzene ring substituents is 1. The van der Waals surface area contributed by atoms with Crippen LogP contribution in [0.5, 0.6) is 0 Å². The fourth-order valence-corrected chi connectivity index (χ4v) is 3.75. The molecule has 128 valence electrons. The van der Waals surface area contributed by atoms with Crippen LogP contribution >= 0.6 is 0 Å². The monoisotopic (exact) mass is 329 g/mol. The van der Waals surface area contributed by atoms with E-state index in [0.29, 0.717) is 6.04 Å². The summed E-state index contributed by atoms with van der Waals surface area (Å²) in [5.74, 6) is 0. The number of anilines is 1. The molecule has 0 aromatic heterocycles. The summed E-state index contributed by atoms with van der Waals surface area (Å²) in [7, 11) is 2.18. The van der Waals surface area contributed by atoms with Crippen molar-refractivity contribution in [2.45, 2.75) is 18.9 Å². The van der Waals surface area contributed by atoms with E-state index < -0.39 is 4.92 Å². The number of rotatable bonds is 3. The summed E-state index contributed by atoms with van der Waals surface area (Å²) >= 11 is 0. The molecule has 7 heteroatoms. The van der Waals surface area contributed by atoms with Gasteiger partial charge in [0, 0.05) is 50.5 Å². The molecular formula is C17H23N5O2. The number of hydrogen-bond donors (Lipinski definition) is 0. The summed E-state index contributed by atoms with van der Waals surface area (Å²) in [6.45, 7) is 6.10. The van der Waals surface area contributed by atoms with E-state index in [1.54, 1.807) is 12.1 Å². The van der Waals surface area contributed by atoms with Crippen molar-refractivity contribution in [3.8, 4) is 6.07 Å². The van der Waals surface area contributed by atoms with Crippen LogP contribution in [0.2, 0.25) is 0 Å². The normalized spacial score (nSPS) is 23.0. The van der Waals surface area contributed by atoms with Crippen LogP contribution in [0.25, 0.3) is 0 Å². The second kappa shape index (κ2) is 7.16. The van der Waals surface area contributed by atoms with E-state index in [4.69, 9.17) is 5.26 Å². The van der Waals surface area contributed by atoms with Gasteiger partial charge >= 0.3 is 0 Å². The Hall–Kier alpha value is -2.17. The quantitative estimate of drug-likeness (QED) is 0.620. The zero-order valence-corrected chi connectivity index (χ0v) is 14.0. The van der Waals surface area contributed by atoms with Crippen LogP contribution in [0.15, 0.2) is 18.2 Å². The van der Waals surface area contributed by atoms with E-state index in [1.807, 2.05) is 6.07 Å². The number of piperazine rings is 1.